The van der Waals surface area contributed by atoms with Crippen LogP contribution in [0.5, 0.6) is 0 Å². The van der Waals surface area contributed by atoms with Gasteiger partial charge in [-0.25, -0.2) is 11.4 Å². The van der Waals surface area contributed by atoms with Crippen LogP contribution in [0.2, 0.25) is 0 Å². The maximum atomic E-state index is 11.1. The third-order valence-electron chi connectivity index (χ3n) is 1.54. The summed E-state index contributed by atoms with van der Waals surface area (Å²) in [6, 6.07) is -1.20. The molecule has 0 aromatic heterocycles. The Bertz CT molecular complexity index is 244. The summed E-state index contributed by atoms with van der Waals surface area (Å²) in [6.07, 6.45) is 1.12. The molecule has 0 amide bonds. The number of rotatable bonds is 6. The van der Waals surface area contributed by atoms with Gasteiger partial charge in [-0.15, -0.1) is 0 Å². The first-order valence-electron chi connectivity index (χ1n) is 4.36. The molecule has 0 saturated heterocycles. The van der Waals surface area contributed by atoms with Crippen molar-refractivity contribution in [2.24, 2.45) is 0 Å². The second-order valence-electron chi connectivity index (χ2n) is 2.76. The standard InChI is InChI=1S/C9H13NO4/c1-3-4-5-14-9(13)7(10-2)6-8(11)12/h7H,3-6H2,1H3,(H,11,12). The molecular formula is C9H13NO4. The maximum Gasteiger partial charge on any atom is 0.390 e. The number of hydrogen-bond donors (Lipinski definition) is 1. The lowest BCUT2D eigenvalue weighted by molar-refractivity contribution is -0.148. The summed E-state index contributed by atoms with van der Waals surface area (Å²) < 4.78 is 4.72. The summed E-state index contributed by atoms with van der Waals surface area (Å²) in [5.74, 6) is -1.91. The second kappa shape index (κ2) is 6.89. The number of ether oxygens (including phenoxy) is 1. The molecule has 0 aliphatic rings. The van der Waals surface area contributed by atoms with E-state index >= 15 is 0 Å². The molecule has 14 heavy (non-hydrogen) atoms. The van der Waals surface area contributed by atoms with Crippen molar-refractivity contribution in [3.63, 3.8) is 0 Å². The van der Waals surface area contributed by atoms with Crippen LogP contribution in [0.4, 0.5) is 0 Å². The zero-order chi connectivity index (χ0) is 11.0. The minimum absolute atomic E-state index is 0.251. The Morgan fingerprint density at radius 1 is 1.57 bits per heavy atom. The van der Waals surface area contributed by atoms with Gasteiger partial charge >= 0.3 is 18.0 Å². The first-order chi connectivity index (χ1) is 6.61. The molecule has 0 radical (unpaired) electrons. The highest BCUT2D eigenvalue weighted by atomic mass is 16.5. The van der Waals surface area contributed by atoms with Gasteiger partial charge < -0.3 is 14.7 Å². The smallest absolute Gasteiger partial charge is 0.390 e. The van der Waals surface area contributed by atoms with Gasteiger partial charge in [0.25, 0.3) is 0 Å². The normalized spacial score (nSPS) is 11.4. The van der Waals surface area contributed by atoms with Gasteiger partial charge in [-0.2, -0.15) is 0 Å². The number of carboxylic acid groups (broad SMARTS) is 1. The number of carbonyl (C=O) groups is 2. The van der Waals surface area contributed by atoms with Crippen LogP contribution in [0.25, 0.3) is 4.85 Å². The molecule has 0 aliphatic heterocycles. The Kier molecular flexibility index (Phi) is 6.12. The summed E-state index contributed by atoms with van der Waals surface area (Å²) in [6.45, 7) is 8.82. The zero-order valence-corrected chi connectivity index (χ0v) is 8.02. The predicted octanol–water partition coefficient (Wildman–Crippen LogP) is 1.09. The monoisotopic (exact) mass is 199 g/mol. The highest BCUT2D eigenvalue weighted by Crippen LogP contribution is 2.02. The molecular weight excluding hydrogens is 186 g/mol. The van der Waals surface area contributed by atoms with Crippen LogP contribution in [0.3, 0.4) is 0 Å². The fourth-order valence-electron chi connectivity index (χ4n) is 0.760. The van der Waals surface area contributed by atoms with Crippen LogP contribution in [0, 0.1) is 6.57 Å². The molecule has 0 rings (SSSR count). The highest BCUT2D eigenvalue weighted by molar-refractivity contribution is 5.83. The molecule has 1 N–H and O–H groups in total. The van der Waals surface area contributed by atoms with Crippen molar-refractivity contribution in [3.05, 3.63) is 11.4 Å². The van der Waals surface area contributed by atoms with E-state index in [0.717, 1.165) is 12.8 Å². The van der Waals surface area contributed by atoms with Gasteiger partial charge in [0, 0.05) is 0 Å². The summed E-state index contributed by atoms with van der Waals surface area (Å²) in [5, 5.41) is 8.38. The molecule has 5 heteroatoms. The second-order valence-corrected chi connectivity index (χ2v) is 2.76. The molecule has 0 aliphatic carbocycles. The van der Waals surface area contributed by atoms with Gasteiger partial charge in [0.15, 0.2) is 0 Å². The van der Waals surface area contributed by atoms with E-state index in [9.17, 15) is 9.59 Å². The lowest BCUT2D eigenvalue weighted by atomic mass is 10.2. The number of hydrogen-bond acceptors (Lipinski definition) is 3. The Morgan fingerprint density at radius 3 is 2.64 bits per heavy atom. The Labute approximate surface area is 82.5 Å². The van der Waals surface area contributed by atoms with Gasteiger partial charge in [0.05, 0.1) is 6.61 Å². The lowest BCUT2D eigenvalue weighted by Crippen LogP contribution is -2.23. The Hall–Kier alpha value is -1.57. The van der Waals surface area contributed by atoms with Gasteiger partial charge in [-0.3, -0.25) is 4.79 Å². The molecule has 0 aromatic carbocycles. The van der Waals surface area contributed by atoms with E-state index in [0.29, 0.717) is 0 Å². The van der Waals surface area contributed by atoms with Crippen molar-refractivity contribution >= 4 is 11.9 Å². The molecule has 1 atom stereocenters. The minimum Gasteiger partial charge on any atom is -0.481 e. The molecule has 5 nitrogen and oxygen atoms in total. The molecule has 0 bridgehead atoms. The number of aliphatic carboxylic acids is 1. The van der Waals surface area contributed by atoms with Gasteiger partial charge in [-0.1, -0.05) is 13.3 Å². The molecule has 78 valence electrons. The fourth-order valence-corrected chi connectivity index (χ4v) is 0.760. The molecule has 1 unspecified atom stereocenters. The third kappa shape index (κ3) is 5.14. The van der Waals surface area contributed by atoms with E-state index in [4.69, 9.17) is 16.4 Å². The quantitative estimate of drug-likeness (QED) is 0.395. The number of carboxylic acids is 1. The SMILES string of the molecule is [C-]#[N+]C(CC(=O)O)C(=O)OCCCC. The van der Waals surface area contributed by atoms with Crippen LogP contribution in [-0.2, 0) is 14.3 Å². The number of nitrogens with zero attached hydrogens (tertiary/aromatic N) is 1. The zero-order valence-electron chi connectivity index (χ0n) is 8.02. The average Bonchev–Trinajstić information content (AvgIpc) is 2.14. The van der Waals surface area contributed by atoms with Crippen LogP contribution < -0.4 is 0 Å². The molecule has 0 spiro atoms. The lowest BCUT2D eigenvalue weighted by Gasteiger charge is -2.03. The number of unbranched alkanes of at least 4 members (excludes halogenated alkanes) is 1. The molecule has 0 aromatic rings. The molecule has 0 heterocycles. The van der Waals surface area contributed by atoms with Gasteiger partial charge in [0.1, 0.15) is 6.42 Å². The molecule has 0 fully saturated rings. The summed E-state index contributed by atoms with van der Waals surface area (Å²) in [7, 11) is 0. The third-order valence-corrected chi connectivity index (χ3v) is 1.54. The van der Waals surface area contributed by atoms with Crippen LogP contribution in [-0.4, -0.2) is 29.7 Å². The summed E-state index contributed by atoms with van der Waals surface area (Å²) in [5.41, 5.74) is 0. The summed E-state index contributed by atoms with van der Waals surface area (Å²) in [4.78, 5) is 24.2. The fraction of sp³-hybridized carbons (Fsp3) is 0.667. The first-order valence-corrected chi connectivity index (χ1v) is 4.36. The topological polar surface area (TPSA) is 68.0 Å². The first kappa shape index (κ1) is 12.4. The Balaban J connectivity index is 3.94. The highest BCUT2D eigenvalue weighted by Gasteiger charge is 2.28. The van der Waals surface area contributed by atoms with Gasteiger partial charge in [-0.05, 0) is 6.42 Å². The Morgan fingerprint density at radius 2 is 2.21 bits per heavy atom. The number of carbonyl (C=O) groups excluding carboxylic acids is 1. The minimum atomic E-state index is -1.20. The largest absolute Gasteiger partial charge is 0.481 e. The summed E-state index contributed by atoms with van der Waals surface area (Å²) >= 11 is 0. The van der Waals surface area contributed by atoms with Crippen molar-refractivity contribution in [1.82, 2.24) is 0 Å². The van der Waals surface area contributed by atoms with Crippen LogP contribution in [0.15, 0.2) is 0 Å². The van der Waals surface area contributed by atoms with Crippen LogP contribution >= 0.6 is 0 Å². The predicted molar refractivity (Wildman–Crippen MR) is 48.5 cm³/mol. The van der Waals surface area contributed by atoms with Gasteiger partial charge in [0.2, 0.25) is 0 Å². The molecule has 0 saturated carbocycles. The van der Waals surface area contributed by atoms with E-state index in [-0.39, 0.29) is 6.61 Å². The van der Waals surface area contributed by atoms with E-state index in [1.165, 1.54) is 0 Å². The van der Waals surface area contributed by atoms with Crippen molar-refractivity contribution in [3.8, 4) is 0 Å². The number of esters is 1. The van der Waals surface area contributed by atoms with E-state index in [1.807, 2.05) is 6.92 Å². The van der Waals surface area contributed by atoms with E-state index in [2.05, 4.69) is 4.85 Å². The van der Waals surface area contributed by atoms with Crippen molar-refractivity contribution in [1.29, 1.82) is 0 Å². The maximum absolute atomic E-state index is 11.1. The van der Waals surface area contributed by atoms with Crippen molar-refractivity contribution in [2.75, 3.05) is 6.61 Å². The average molecular weight is 199 g/mol. The van der Waals surface area contributed by atoms with Crippen molar-refractivity contribution in [2.45, 2.75) is 32.2 Å². The van der Waals surface area contributed by atoms with E-state index < -0.39 is 24.4 Å². The van der Waals surface area contributed by atoms with Crippen LogP contribution in [0.1, 0.15) is 26.2 Å². The van der Waals surface area contributed by atoms with Crippen molar-refractivity contribution < 1.29 is 19.4 Å². The van der Waals surface area contributed by atoms with E-state index in [1.54, 1.807) is 0 Å².